The van der Waals surface area contributed by atoms with Crippen LogP contribution in [0.2, 0.25) is 0 Å². The highest BCUT2D eigenvalue weighted by molar-refractivity contribution is 6.23. The first-order valence-electron chi connectivity index (χ1n) is 5.91. The van der Waals surface area contributed by atoms with Gasteiger partial charge in [0.25, 0.3) is 0 Å². The van der Waals surface area contributed by atoms with Gasteiger partial charge in [-0.15, -0.1) is 0 Å². The van der Waals surface area contributed by atoms with E-state index in [1.165, 1.54) is 0 Å². The maximum absolute atomic E-state index is 11.6. The number of methoxy groups -OCH3 is 1. The minimum Gasteiger partial charge on any atom is -0.497 e. The zero-order valence-corrected chi connectivity index (χ0v) is 10.7. The molecular weight excluding hydrogens is 238 g/mol. The number of amides is 1. The Balaban J connectivity index is 2.38. The third-order valence-electron chi connectivity index (χ3n) is 2.78. The molecule has 96 valence electrons. The average Bonchev–Trinajstić information content (AvgIpc) is 2.46. The van der Waals surface area contributed by atoms with Crippen molar-refractivity contribution in [3.05, 3.63) is 65.7 Å². The molecule has 0 aliphatic carbocycles. The number of rotatable bonds is 4. The van der Waals surface area contributed by atoms with E-state index < -0.39 is 5.91 Å². The highest BCUT2D eigenvalue weighted by Crippen LogP contribution is 2.19. The standard InChI is InChI=1S/C16H15NO2/c1-19-14-9-7-12(8-10-14)11-15(16(17)18)13-5-3-2-4-6-13/h2-11H,1H3,(H2,17,18)/b15-11-. The first-order chi connectivity index (χ1) is 9.20. The Bertz CT molecular complexity index is 586. The summed E-state index contributed by atoms with van der Waals surface area (Å²) in [7, 11) is 1.61. The van der Waals surface area contributed by atoms with E-state index in [4.69, 9.17) is 10.5 Å². The second-order valence-corrected chi connectivity index (χ2v) is 4.06. The summed E-state index contributed by atoms with van der Waals surface area (Å²) in [5.41, 5.74) is 7.64. The zero-order valence-electron chi connectivity index (χ0n) is 10.7. The predicted molar refractivity (Wildman–Crippen MR) is 76.5 cm³/mol. The fourth-order valence-corrected chi connectivity index (χ4v) is 1.78. The van der Waals surface area contributed by atoms with Crippen molar-refractivity contribution in [2.75, 3.05) is 7.11 Å². The quantitative estimate of drug-likeness (QED) is 0.672. The number of benzene rings is 2. The second kappa shape index (κ2) is 5.87. The van der Waals surface area contributed by atoms with Gasteiger partial charge in [-0.25, -0.2) is 0 Å². The molecule has 0 aliphatic heterocycles. The van der Waals surface area contributed by atoms with Crippen LogP contribution in [-0.2, 0) is 4.79 Å². The van der Waals surface area contributed by atoms with Crippen LogP contribution in [0, 0.1) is 0 Å². The number of nitrogens with two attached hydrogens (primary N) is 1. The summed E-state index contributed by atoms with van der Waals surface area (Å²) in [6, 6.07) is 16.8. The van der Waals surface area contributed by atoms with Gasteiger partial charge in [-0.3, -0.25) is 4.79 Å². The van der Waals surface area contributed by atoms with Crippen molar-refractivity contribution in [2.24, 2.45) is 5.73 Å². The molecule has 2 N–H and O–H groups in total. The van der Waals surface area contributed by atoms with Crippen molar-refractivity contribution < 1.29 is 9.53 Å². The lowest BCUT2D eigenvalue weighted by Gasteiger charge is -2.04. The summed E-state index contributed by atoms with van der Waals surface area (Å²) in [5.74, 6) is 0.333. The van der Waals surface area contributed by atoms with Gasteiger partial charge >= 0.3 is 0 Å². The molecule has 0 fully saturated rings. The maximum Gasteiger partial charge on any atom is 0.249 e. The van der Waals surface area contributed by atoms with E-state index in [2.05, 4.69) is 0 Å². The molecule has 3 heteroatoms. The van der Waals surface area contributed by atoms with E-state index in [1.807, 2.05) is 54.6 Å². The van der Waals surface area contributed by atoms with E-state index in [0.29, 0.717) is 5.57 Å². The average molecular weight is 253 g/mol. The SMILES string of the molecule is COc1ccc(/C=C(\C(N)=O)c2ccccc2)cc1. The summed E-state index contributed by atoms with van der Waals surface area (Å²) < 4.78 is 5.09. The second-order valence-electron chi connectivity index (χ2n) is 4.06. The lowest BCUT2D eigenvalue weighted by atomic mass is 10.0. The molecule has 3 nitrogen and oxygen atoms in total. The van der Waals surface area contributed by atoms with Crippen LogP contribution >= 0.6 is 0 Å². The number of ether oxygens (including phenoxy) is 1. The van der Waals surface area contributed by atoms with Crippen molar-refractivity contribution in [3.63, 3.8) is 0 Å². The van der Waals surface area contributed by atoms with E-state index in [9.17, 15) is 4.79 Å². The van der Waals surface area contributed by atoms with Crippen LogP contribution in [0.4, 0.5) is 0 Å². The van der Waals surface area contributed by atoms with Crippen molar-refractivity contribution in [2.45, 2.75) is 0 Å². The van der Waals surface area contributed by atoms with Gasteiger partial charge in [0.1, 0.15) is 5.75 Å². The van der Waals surface area contributed by atoms with Crippen LogP contribution in [0.3, 0.4) is 0 Å². The Morgan fingerprint density at radius 1 is 1.05 bits per heavy atom. The molecule has 2 rings (SSSR count). The Labute approximate surface area is 112 Å². The Morgan fingerprint density at radius 3 is 2.21 bits per heavy atom. The topological polar surface area (TPSA) is 52.3 Å². The highest BCUT2D eigenvalue weighted by Gasteiger charge is 2.07. The lowest BCUT2D eigenvalue weighted by molar-refractivity contribution is -0.112. The molecular formula is C16H15NO2. The van der Waals surface area contributed by atoms with Crippen LogP contribution in [0.25, 0.3) is 11.6 Å². The van der Waals surface area contributed by atoms with Gasteiger partial charge in [0.05, 0.1) is 7.11 Å². The van der Waals surface area contributed by atoms with Crippen molar-refractivity contribution in [3.8, 4) is 5.75 Å². The molecule has 2 aromatic rings. The predicted octanol–water partition coefficient (Wildman–Crippen LogP) is 2.72. The molecule has 2 aromatic carbocycles. The van der Waals surface area contributed by atoms with E-state index in [0.717, 1.165) is 16.9 Å². The van der Waals surface area contributed by atoms with Gasteiger partial charge in [-0.05, 0) is 29.3 Å². The van der Waals surface area contributed by atoms with E-state index in [-0.39, 0.29) is 0 Å². The number of carbonyl (C=O) groups excluding carboxylic acids is 1. The maximum atomic E-state index is 11.6. The minimum atomic E-state index is -0.443. The van der Waals surface area contributed by atoms with Gasteiger partial charge in [0, 0.05) is 5.57 Å². The molecule has 0 radical (unpaired) electrons. The number of primary amides is 1. The summed E-state index contributed by atoms with van der Waals surface area (Å²) >= 11 is 0. The molecule has 0 spiro atoms. The third-order valence-corrected chi connectivity index (χ3v) is 2.78. The molecule has 0 saturated carbocycles. The van der Waals surface area contributed by atoms with Crippen LogP contribution in [0.1, 0.15) is 11.1 Å². The summed E-state index contributed by atoms with van der Waals surface area (Å²) in [4.78, 5) is 11.6. The van der Waals surface area contributed by atoms with Crippen molar-refractivity contribution >= 4 is 17.6 Å². The summed E-state index contributed by atoms with van der Waals surface area (Å²) in [5, 5.41) is 0. The highest BCUT2D eigenvalue weighted by atomic mass is 16.5. The zero-order chi connectivity index (χ0) is 13.7. The first-order valence-corrected chi connectivity index (χ1v) is 5.91. The van der Waals surface area contributed by atoms with Gasteiger partial charge in [-0.2, -0.15) is 0 Å². The molecule has 0 unspecified atom stereocenters. The van der Waals surface area contributed by atoms with Crippen molar-refractivity contribution in [1.82, 2.24) is 0 Å². The van der Waals surface area contributed by atoms with Gasteiger partial charge < -0.3 is 10.5 Å². The fourth-order valence-electron chi connectivity index (χ4n) is 1.78. The van der Waals surface area contributed by atoms with Gasteiger partial charge in [-0.1, -0.05) is 42.5 Å². The van der Waals surface area contributed by atoms with Crippen LogP contribution < -0.4 is 10.5 Å². The molecule has 0 aliphatic rings. The molecule has 0 aromatic heterocycles. The number of carbonyl (C=O) groups is 1. The number of hydrogen-bond donors (Lipinski definition) is 1. The Morgan fingerprint density at radius 2 is 1.68 bits per heavy atom. The Kier molecular flexibility index (Phi) is 3.98. The molecule has 19 heavy (non-hydrogen) atoms. The van der Waals surface area contributed by atoms with Crippen molar-refractivity contribution in [1.29, 1.82) is 0 Å². The third kappa shape index (κ3) is 3.22. The molecule has 0 atom stereocenters. The van der Waals surface area contributed by atoms with E-state index >= 15 is 0 Å². The molecule has 0 heterocycles. The molecule has 0 bridgehead atoms. The number of hydrogen-bond acceptors (Lipinski definition) is 2. The lowest BCUT2D eigenvalue weighted by Crippen LogP contribution is -2.12. The smallest absolute Gasteiger partial charge is 0.249 e. The molecule has 0 saturated heterocycles. The van der Waals surface area contributed by atoms with Crippen LogP contribution in [0.15, 0.2) is 54.6 Å². The fraction of sp³-hybridized carbons (Fsp3) is 0.0625. The van der Waals surface area contributed by atoms with Crippen LogP contribution in [0.5, 0.6) is 5.75 Å². The first kappa shape index (κ1) is 12.9. The van der Waals surface area contributed by atoms with Gasteiger partial charge in [0.15, 0.2) is 0 Å². The van der Waals surface area contributed by atoms with Crippen LogP contribution in [-0.4, -0.2) is 13.0 Å². The van der Waals surface area contributed by atoms with E-state index in [1.54, 1.807) is 13.2 Å². The summed E-state index contributed by atoms with van der Waals surface area (Å²) in [6.45, 7) is 0. The minimum absolute atomic E-state index is 0.443. The normalized spacial score (nSPS) is 11.1. The monoisotopic (exact) mass is 253 g/mol. The molecule has 1 amide bonds. The Hall–Kier alpha value is -2.55. The van der Waals surface area contributed by atoms with Gasteiger partial charge in [0.2, 0.25) is 5.91 Å². The largest absolute Gasteiger partial charge is 0.497 e. The summed E-state index contributed by atoms with van der Waals surface area (Å²) in [6.07, 6.45) is 1.77.